The summed E-state index contributed by atoms with van der Waals surface area (Å²) in [6.45, 7) is 0.654. The molecule has 1 unspecified atom stereocenters. The van der Waals surface area contributed by atoms with Gasteiger partial charge in [0.25, 0.3) is 5.91 Å². The van der Waals surface area contributed by atoms with Crippen molar-refractivity contribution in [2.24, 2.45) is 0 Å². The van der Waals surface area contributed by atoms with Crippen molar-refractivity contribution in [1.29, 1.82) is 0 Å². The van der Waals surface area contributed by atoms with E-state index in [2.05, 4.69) is 4.74 Å². The third-order valence-electron chi connectivity index (χ3n) is 3.75. The SMILES string of the molecule is CCOC(=O)C(NC(=O)c1cccc(Cl)c1)(Nc1ccc(F)c(F)c1F)C(F)(F)F. The maximum absolute atomic E-state index is 14.0. The second-order valence-corrected chi connectivity index (χ2v) is 6.22. The molecule has 1 amide bonds. The van der Waals surface area contributed by atoms with Crippen LogP contribution in [-0.4, -0.2) is 30.3 Å². The Kier molecular flexibility index (Phi) is 6.86. The van der Waals surface area contributed by atoms with Gasteiger partial charge in [0.05, 0.1) is 12.3 Å². The molecule has 2 aromatic carbocycles. The van der Waals surface area contributed by atoms with Crippen molar-refractivity contribution in [3.05, 3.63) is 64.4 Å². The van der Waals surface area contributed by atoms with Crippen LogP contribution in [-0.2, 0) is 9.53 Å². The Labute approximate surface area is 171 Å². The Hall–Kier alpha value is -2.95. The van der Waals surface area contributed by atoms with Crippen LogP contribution in [0.3, 0.4) is 0 Å². The molecule has 12 heteroatoms. The number of hydrogen-bond donors (Lipinski definition) is 2. The lowest BCUT2D eigenvalue weighted by atomic mass is 10.1. The average molecular weight is 455 g/mol. The molecule has 2 N–H and O–H groups in total. The largest absolute Gasteiger partial charge is 0.463 e. The third-order valence-corrected chi connectivity index (χ3v) is 3.99. The van der Waals surface area contributed by atoms with Crippen LogP contribution in [0.1, 0.15) is 17.3 Å². The first kappa shape index (κ1) is 23.3. The standard InChI is InChI=1S/C18H13ClF6N2O3/c1-2-30-16(29)17(18(23,24)25,26-12-7-6-11(20)13(21)14(12)22)27-15(28)9-4-3-5-10(19)8-9/h3-8,26H,2H2,1H3,(H,27,28). The number of esters is 1. The highest BCUT2D eigenvalue weighted by Crippen LogP contribution is 2.35. The van der Waals surface area contributed by atoms with E-state index in [9.17, 15) is 35.9 Å². The van der Waals surface area contributed by atoms with Crippen LogP contribution < -0.4 is 10.6 Å². The van der Waals surface area contributed by atoms with Gasteiger partial charge in [-0.15, -0.1) is 0 Å². The lowest BCUT2D eigenvalue weighted by Crippen LogP contribution is -2.69. The van der Waals surface area contributed by atoms with Crippen molar-refractivity contribution >= 4 is 29.2 Å². The molecule has 5 nitrogen and oxygen atoms in total. The van der Waals surface area contributed by atoms with Crippen molar-refractivity contribution in [1.82, 2.24) is 5.32 Å². The van der Waals surface area contributed by atoms with E-state index in [1.807, 2.05) is 0 Å². The van der Waals surface area contributed by atoms with E-state index < -0.39 is 53.5 Å². The Morgan fingerprint density at radius 1 is 1.07 bits per heavy atom. The van der Waals surface area contributed by atoms with Gasteiger partial charge in [0.1, 0.15) is 0 Å². The molecule has 0 heterocycles. The predicted molar refractivity (Wildman–Crippen MR) is 94.3 cm³/mol. The molecule has 2 aromatic rings. The number of nitrogens with one attached hydrogen (secondary N) is 2. The molecule has 0 bridgehead atoms. The van der Waals surface area contributed by atoms with E-state index >= 15 is 0 Å². The molecule has 2 rings (SSSR count). The monoisotopic (exact) mass is 454 g/mol. The number of anilines is 1. The third kappa shape index (κ3) is 4.61. The molecule has 0 radical (unpaired) electrons. The van der Waals surface area contributed by atoms with E-state index in [0.29, 0.717) is 12.1 Å². The summed E-state index contributed by atoms with van der Waals surface area (Å²) < 4.78 is 87.1. The number of amides is 1. The minimum atomic E-state index is -5.61. The average Bonchev–Trinajstić information content (AvgIpc) is 2.66. The lowest BCUT2D eigenvalue weighted by Gasteiger charge is -2.35. The number of alkyl halides is 3. The molecular weight excluding hydrogens is 442 g/mol. The zero-order valence-electron chi connectivity index (χ0n) is 15.0. The van der Waals surface area contributed by atoms with Crippen LogP contribution in [0.25, 0.3) is 0 Å². The Morgan fingerprint density at radius 2 is 1.73 bits per heavy atom. The fraction of sp³-hybridized carbons (Fsp3) is 0.222. The summed E-state index contributed by atoms with van der Waals surface area (Å²) in [4.78, 5) is 24.7. The van der Waals surface area contributed by atoms with Crippen LogP contribution in [0.5, 0.6) is 0 Å². The summed E-state index contributed by atoms with van der Waals surface area (Å²) in [5, 5.41) is 2.85. The van der Waals surface area contributed by atoms with Crippen molar-refractivity contribution in [3.63, 3.8) is 0 Å². The maximum atomic E-state index is 14.0. The first-order valence-corrected chi connectivity index (χ1v) is 8.54. The van der Waals surface area contributed by atoms with Gasteiger partial charge in [0, 0.05) is 10.6 Å². The summed E-state index contributed by atoms with van der Waals surface area (Å²) >= 11 is 5.71. The van der Waals surface area contributed by atoms with Crippen LogP contribution in [0.2, 0.25) is 5.02 Å². The topological polar surface area (TPSA) is 67.4 Å². The zero-order chi connectivity index (χ0) is 22.7. The number of benzene rings is 2. The van der Waals surface area contributed by atoms with Crippen LogP contribution in [0.4, 0.5) is 32.0 Å². The van der Waals surface area contributed by atoms with Crippen molar-refractivity contribution < 1.29 is 40.7 Å². The van der Waals surface area contributed by atoms with Crippen molar-refractivity contribution in [2.45, 2.75) is 18.8 Å². The lowest BCUT2D eigenvalue weighted by molar-refractivity contribution is -0.204. The molecule has 0 saturated heterocycles. The van der Waals surface area contributed by atoms with Crippen molar-refractivity contribution in [3.8, 4) is 0 Å². The molecule has 0 aliphatic carbocycles. The molecule has 0 aliphatic heterocycles. The highest BCUT2D eigenvalue weighted by molar-refractivity contribution is 6.31. The fourth-order valence-electron chi connectivity index (χ4n) is 2.33. The maximum Gasteiger partial charge on any atom is 0.441 e. The quantitative estimate of drug-likeness (QED) is 0.293. The minimum Gasteiger partial charge on any atom is -0.463 e. The molecule has 0 fully saturated rings. The summed E-state index contributed by atoms with van der Waals surface area (Å²) in [6.07, 6.45) is -5.61. The molecular formula is C18H13ClF6N2O3. The molecule has 1 atom stereocenters. The molecule has 0 aliphatic rings. The summed E-state index contributed by atoms with van der Waals surface area (Å²) in [5.74, 6) is -9.28. The highest BCUT2D eigenvalue weighted by Gasteiger charge is 2.64. The number of hydrogen-bond acceptors (Lipinski definition) is 4. The van der Waals surface area contributed by atoms with Gasteiger partial charge in [-0.1, -0.05) is 17.7 Å². The number of rotatable bonds is 6. The fourth-order valence-corrected chi connectivity index (χ4v) is 2.52. The zero-order valence-corrected chi connectivity index (χ0v) is 15.8. The van der Waals surface area contributed by atoms with Gasteiger partial charge < -0.3 is 15.4 Å². The van der Waals surface area contributed by atoms with Gasteiger partial charge >= 0.3 is 17.8 Å². The normalized spacial score (nSPS) is 13.3. The Morgan fingerprint density at radius 3 is 2.30 bits per heavy atom. The molecule has 30 heavy (non-hydrogen) atoms. The second kappa shape index (κ2) is 8.82. The Bertz CT molecular complexity index is 969. The highest BCUT2D eigenvalue weighted by atomic mass is 35.5. The Balaban J connectivity index is 2.60. The second-order valence-electron chi connectivity index (χ2n) is 5.78. The van der Waals surface area contributed by atoms with Crippen LogP contribution in [0.15, 0.2) is 36.4 Å². The molecule has 0 aromatic heterocycles. The number of carbonyl (C=O) groups excluding carboxylic acids is 2. The van der Waals surface area contributed by atoms with Gasteiger partial charge in [-0.05, 0) is 37.3 Å². The summed E-state index contributed by atoms with van der Waals surface area (Å²) in [7, 11) is 0. The number of carbonyl (C=O) groups is 2. The molecule has 0 spiro atoms. The summed E-state index contributed by atoms with van der Waals surface area (Å²) in [6, 6.07) is 5.49. The van der Waals surface area contributed by atoms with Gasteiger partial charge in [0.15, 0.2) is 17.5 Å². The van der Waals surface area contributed by atoms with Crippen LogP contribution >= 0.6 is 11.6 Å². The predicted octanol–water partition coefficient (Wildman–Crippen LogP) is 4.42. The van der Waals surface area contributed by atoms with Gasteiger partial charge in [-0.25, -0.2) is 18.0 Å². The van der Waals surface area contributed by atoms with Gasteiger partial charge in [-0.2, -0.15) is 13.2 Å². The first-order valence-electron chi connectivity index (χ1n) is 8.16. The van der Waals surface area contributed by atoms with E-state index in [1.165, 1.54) is 29.7 Å². The summed E-state index contributed by atoms with van der Waals surface area (Å²) in [5.41, 5.74) is -5.65. The molecule has 162 valence electrons. The minimum absolute atomic E-state index is 0.0102. The van der Waals surface area contributed by atoms with E-state index in [4.69, 9.17) is 11.6 Å². The smallest absolute Gasteiger partial charge is 0.441 e. The first-order chi connectivity index (χ1) is 13.9. The molecule has 0 saturated carbocycles. The van der Waals surface area contributed by atoms with Gasteiger partial charge in [-0.3, -0.25) is 4.79 Å². The van der Waals surface area contributed by atoms with E-state index in [0.717, 1.165) is 12.1 Å². The number of ether oxygens (including phenoxy) is 1. The van der Waals surface area contributed by atoms with E-state index in [-0.39, 0.29) is 10.6 Å². The van der Waals surface area contributed by atoms with Gasteiger partial charge in [0.2, 0.25) is 0 Å². The van der Waals surface area contributed by atoms with Crippen molar-refractivity contribution in [2.75, 3.05) is 11.9 Å². The van der Waals surface area contributed by atoms with E-state index in [1.54, 1.807) is 0 Å². The van der Waals surface area contributed by atoms with Crippen LogP contribution in [0, 0.1) is 17.5 Å². The number of halogens is 7.